The van der Waals surface area contributed by atoms with E-state index in [0.717, 1.165) is 16.9 Å². The van der Waals surface area contributed by atoms with Crippen LogP contribution < -0.4 is 19.6 Å². The zero-order valence-corrected chi connectivity index (χ0v) is 36.0. The van der Waals surface area contributed by atoms with Crippen molar-refractivity contribution in [3.05, 3.63) is 137 Å². The summed E-state index contributed by atoms with van der Waals surface area (Å²) in [6.45, 7) is 0. The third-order valence-electron chi connectivity index (χ3n) is 12.5. The van der Waals surface area contributed by atoms with Crippen molar-refractivity contribution in [3.8, 4) is 5.75 Å². The van der Waals surface area contributed by atoms with E-state index in [1.807, 2.05) is 92.6 Å². The van der Waals surface area contributed by atoms with Crippen LogP contribution in [0.15, 0.2) is 152 Å². The second-order valence-corrected chi connectivity index (χ2v) is 17.4. The van der Waals surface area contributed by atoms with Crippen LogP contribution in [-0.4, -0.2) is 56.9 Å². The number of halogens is 1. The lowest BCUT2D eigenvalue weighted by Gasteiger charge is -2.44. The quantitative estimate of drug-likeness (QED) is 0.0879. The Morgan fingerprint density at radius 3 is 1.45 bits per heavy atom. The van der Waals surface area contributed by atoms with Crippen molar-refractivity contribution >= 4 is 85.1 Å². The first-order valence-electron chi connectivity index (χ1n) is 20.4. The highest BCUT2D eigenvalue weighted by atomic mass is 79.9. The molecule has 2 aliphatic carbocycles. The first-order chi connectivity index (χ1) is 29.9. The van der Waals surface area contributed by atoms with E-state index in [1.54, 1.807) is 66.7 Å². The van der Waals surface area contributed by atoms with Gasteiger partial charge in [-0.2, -0.15) is 20.5 Å². The van der Waals surface area contributed by atoms with Gasteiger partial charge in [0, 0.05) is 55.5 Å². The largest absolute Gasteiger partial charge is 0.508 e. The van der Waals surface area contributed by atoms with E-state index in [4.69, 9.17) is 0 Å². The highest BCUT2D eigenvalue weighted by molar-refractivity contribution is 9.10. The van der Waals surface area contributed by atoms with Crippen molar-refractivity contribution in [2.45, 2.75) is 18.8 Å². The average Bonchev–Trinajstić information content (AvgIpc) is 3.68. The molecule has 312 valence electrons. The van der Waals surface area contributed by atoms with Crippen LogP contribution in [0.5, 0.6) is 5.75 Å². The van der Waals surface area contributed by atoms with Crippen LogP contribution in [0, 0.1) is 29.6 Å². The minimum absolute atomic E-state index is 0.0244. The van der Waals surface area contributed by atoms with E-state index in [2.05, 4.69) is 36.4 Å². The predicted octanol–water partition coefficient (Wildman–Crippen LogP) is 10.2. The number of allylic oxidation sites excluding steroid dienone is 2. The first-order valence-corrected chi connectivity index (χ1v) is 21.2. The maximum atomic E-state index is 14.6. The summed E-state index contributed by atoms with van der Waals surface area (Å²) >= 11 is 3.54. The molecule has 6 atom stereocenters. The summed E-state index contributed by atoms with van der Waals surface area (Å²) in [5.74, 6) is -5.77. The van der Waals surface area contributed by atoms with Crippen molar-refractivity contribution in [2.24, 2.45) is 50.0 Å². The third kappa shape index (κ3) is 7.27. The molecule has 0 aromatic heterocycles. The maximum Gasteiger partial charge on any atom is 0.238 e. The highest BCUT2D eigenvalue weighted by Crippen LogP contribution is 2.59. The topological polar surface area (TPSA) is 151 Å². The van der Waals surface area contributed by atoms with Crippen molar-refractivity contribution < 1.29 is 24.3 Å². The predicted molar refractivity (Wildman–Crippen MR) is 241 cm³/mol. The molecule has 14 heteroatoms. The molecule has 62 heavy (non-hydrogen) atoms. The number of benzene rings is 5. The molecule has 2 saturated heterocycles. The summed E-state index contributed by atoms with van der Waals surface area (Å²) in [6.07, 6.45) is 2.44. The molecule has 0 bridgehead atoms. The summed E-state index contributed by atoms with van der Waals surface area (Å²) in [6, 6.07) is 33.9. The van der Waals surface area contributed by atoms with Gasteiger partial charge in [0.15, 0.2) is 0 Å². The number of hydrogen-bond acceptors (Lipinski definition) is 11. The monoisotopic (exact) mass is 890 g/mol. The van der Waals surface area contributed by atoms with E-state index < -0.39 is 35.5 Å². The lowest BCUT2D eigenvalue weighted by molar-refractivity contribution is -0.126. The number of phenolic OH excluding ortho intramolecular Hbond substituents is 1. The van der Waals surface area contributed by atoms with Gasteiger partial charge in [0.05, 0.1) is 57.8 Å². The number of anilines is 4. The van der Waals surface area contributed by atoms with Crippen molar-refractivity contribution in [3.63, 3.8) is 0 Å². The molecule has 4 aliphatic rings. The van der Waals surface area contributed by atoms with E-state index in [1.165, 1.54) is 9.80 Å². The number of amides is 4. The van der Waals surface area contributed by atoms with E-state index in [0.29, 0.717) is 44.2 Å². The lowest BCUT2D eigenvalue weighted by Crippen LogP contribution is -2.43. The number of imide groups is 2. The normalized spacial score (nSPS) is 23.2. The number of carbonyl (C=O) groups is 4. The Bertz CT molecular complexity index is 2680. The van der Waals surface area contributed by atoms with Crippen molar-refractivity contribution in [1.82, 2.24) is 0 Å². The highest BCUT2D eigenvalue weighted by Gasteiger charge is 2.62. The van der Waals surface area contributed by atoms with Gasteiger partial charge in [-0.05, 0) is 134 Å². The lowest BCUT2D eigenvalue weighted by atomic mass is 9.57. The van der Waals surface area contributed by atoms with Crippen LogP contribution in [0.2, 0.25) is 0 Å². The van der Waals surface area contributed by atoms with Gasteiger partial charge < -0.3 is 14.9 Å². The van der Waals surface area contributed by atoms with Crippen LogP contribution in [-0.2, 0) is 19.2 Å². The smallest absolute Gasteiger partial charge is 0.238 e. The molecule has 2 aliphatic heterocycles. The fraction of sp³-hybridized carbons (Fsp3) is 0.250. The third-order valence-corrected chi connectivity index (χ3v) is 13.0. The molecule has 5 aromatic carbocycles. The molecule has 2 heterocycles. The number of phenols is 1. The summed E-state index contributed by atoms with van der Waals surface area (Å²) in [4.78, 5) is 64.4. The summed E-state index contributed by atoms with van der Waals surface area (Å²) in [7, 11) is 7.85. The molecule has 1 N–H and O–H groups in total. The van der Waals surface area contributed by atoms with Crippen LogP contribution >= 0.6 is 15.9 Å². The molecule has 6 unspecified atom stereocenters. The van der Waals surface area contributed by atoms with E-state index >= 15 is 0 Å². The summed E-state index contributed by atoms with van der Waals surface area (Å²) in [5.41, 5.74) is 6.62. The van der Waals surface area contributed by atoms with Gasteiger partial charge in [-0.1, -0.05) is 27.6 Å². The van der Waals surface area contributed by atoms with Gasteiger partial charge in [-0.3, -0.25) is 29.0 Å². The molecule has 0 spiro atoms. The summed E-state index contributed by atoms with van der Waals surface area (Å²) < 4.78 is 0.689. The number of azo groups is 2. The average molecular weight is 892 g/mol. The van der Waals surface area contributed by atoms with Gasteiger partial charge in [0.2, 0.25) is 23.6 Å². The van der Waals surface area contributed by atoms with E-state index in [9.17, 15) is 24.3 Å². The SMILES string of the molecule is CN(C)c1ccc(N=Nc2ccc(N3C(=O)C4CC=C5C(CC6C(=O)N(c7ccc(N=Nc8ccc(N(C)C)cc8)cc7)C(=O)C6C5c5cc(Br)ccc5O)C4C3=O)cc2)cc1. The Morgan fingerprint density at radius 1 is 0.548 bits per heavy atom. The Kier molecular flexibility index (Phi) is 10.6. The van der Waals surface area contributed by atoms with Gasteiger partial charge in [0.25, 0.3) is 0 Å². The molecule has 5 aromatic rings. The van der Waals surface area contributed by atoms with Gasteiger partial charge in [0.1, 0.15) is 5.75 Å². The van der Waals surface area contributed by atoms with Crippen LogP contribution in [0.4, 0.5) is 45.5 Å². The van der Waals surface area contributed by atoms with Gasteiger partial charge in [-0.15, -0.1) is 0 Å². The van der Waals surface area contributed by atoms with Crippen LogP contribution in [0.1, 0.15) is 24.3 Å². The van der Waals surface area contributed by atoms with Gasteiger partial charge in [-0.25, -0.2) is 0 Å². The fourth-order valence-electron chi connectivity index (χ4n) is 9.42. The Morgan fingerprint density at radius 2 is 0.984 bits per heavy atom. The molecule has 0 radical (unpaired) electrons. The molecule has 4 amide bonds. The Hall–Kier alpha value is -6.80. The second-order valence-electron chi connectivity index (χ2n) is 16.5. The van der Waals surface area contributed by atoms with Crippen molar-refractivity contribution in [1.29, 1.82) is 0 Å². The van der Waals surface area contributed by atoms with Crippen LogP contribution in [0.3, 0.4) is 0 Å². The number of aromatic hydroxyl groups is 1. The minimum Gasteiger partial charge on any atom is -0.508 e. The Labute approximate surface area is 367 Å². The minimum atomic E-state index is -0.845. The molecule has 1 saturated carbocycles. The van der Waals surface area contributed by atoms with Crippen molar-refractivity contribution in [2.75, 3.05) is 47.8 Å². The molecular weight excluding hydrogens is 848 g/mol. The van der Waals surface area contributed by atoms with E-state index in [-0.39, 0.29) is 42.2 Å². The van der Waals surface area contributed by atoms with Crippen LogP contribution in [0.25, 0.3) is 0 Å². The zero-order valence-electron chi connectivity index (χ0n) is 34.5. The molecule has 13 nitrogen and oxygen atoms in total. The Balaban J connectivity index is 0.988. The molecule has 3 fully saturated rings. The fourth-order valence-corrected chi connectivity index (χ4v) is 9.80. The number of carbonyl (C=O) groups excluding carboxylic acids is 4. The first kappa shape index (κ1) is 40.6. The number of fused-ring (bicyclic) bond motifs is 4. The standard InChI is InChI=1S/C48H43BrN8O5/c1-54(2)32-14-6-28(7-15-32)50-52-30-10-18-34(19-11-30)56-45(59)37-23-22-36-38(43(37)47(56)61)26-40-44(42(36)39-25-27(49)5-24-41(39)58)48(62)57(46(40)60)35-20-12-31(13-21-35)53-51-29-8-16-33(17-9-29)55(3)4/h5-22,24-25,37-38,40,42-44,58H,23,26H2,1-4H3. The molecular formula is C48H43BrN8O5. The maximum absolute atomic E-state index is 14.6. The number of hydrogen-bond donors (Lipinski definition) is 1. The molecule has 9 rings (SSSR count). The zero-order chi connectivity index (χ0) is 43.4. The second kappa shape index (κ2) is 16.2. The van der Waals surface area contributed by atoms with Gasteiger partial charge >= 0.3 is 0 Å². The number of nitrogens with zero attached hydrogens (tertiary/aromatic N) is 8. The number of rotatable bonds is 9. The summed E-state index contributed by atoms with van der Waals surface area (Å²) in [5, 5.41) is 28.7.